The van der Waals surface area contributed by atoms with Crippen LogP contribution < -0.4 is 5.73 Å². The lowest BCUT2D eigenvalue weighted by atomic mass is 10.00. The third-order valence-electron chi connectivity index (χ3n) is 2.69. The van der Waals surface area contributed by atoms with Crippen LogP contribution in [-0.2, 0) is 0 Å². The standard InChI is InChI=1S/C10H13BrN2/c11-10-6-2-5-9(13-10)7-3-1-4-8(7)12/h2,5-8H,1,3-4,12H2. The van der Waals surface area contributed by atoms with E-state index in [1.54, 1.807) is 0 Å². The molecule has 2 unspecified atom stereocenters. The second kappa shape index (κ2) is 3.76. The highest BCUT2D eigenvalue weighted by Gasteiger charge is 2.26. The first-order valence-corrected chi connectivity index (χ1v) is 5.45. The minimum atomic E-state index is 0.307. The zero-order valence-corrected chi connectivity index (χ0v) is 9.00. The summed E-state index contributed by atoms with van der Waals surface area (Å²) in [4.78, 5) is 4.44. The van der Waals surface area contributed by atoms with Gasteiger partial charge in [0.1, 0.15) is 4.60 Å². The number of hydrogen-bond acceptors (Lipinski definition) is 2. The van der Waals surface area contributed by atoms with Crippen molar-refractivity contribution >= 4 is 15.9 Å². The lowest BCUT2D eigenvalue weighted by Gasteiger charge is -2.14. The van der Waals surface area contributed by atoms with E-state index in [2.05, 4.69) is 27.0 Å². The number of nitrogens with zero attached hydrogens (tertiary/aromatic N) is 1. The molecular formula is C10H13BrN2. The molecule has 1 aliphatic rings. The quantitative estimate of drug-likeness (QED) is 0.767. The van der Waals surface area contributed by atoms with Gasteiger partial charge in [0, 0.05) is 17.7 Å². The average molecular weight is 241 g/mol. The Morgan fingerprint density at radius 3 is 2.85 bits per heavy atom. The van der Waals surface area contributed by atoms with Gasteiger partial charge in [-0.2, -0.15) is 0 Å². The van der Waals surface area contributed by atoms with Gasteiger partial charge in [0.25, 0.3) is 0 Å². The third kappa shape index (κ3) is 1.92. The van der Waals surface area contributed by atoms with Crippen molar-refractivity contribution in [3.05, 3.63) is 28.5 Å². The highest BCUT2D eigenvalue weighted by atomic mass is 79.9. The maximum absolute atomic E-state index is 6.01. The van der Waals surface area contributed by atoms with Crippen LogP contribution in [0, 0.1) is 0 Å². The molecule has 1 heterocycles. The van der Waals surface area contributed by atoms with E-state index in [0.717, 1.165) is 16.7 Å². The number of halogens is 1. The van der Waals surface area contributed by atoms with Gasteiger partial charge < -0.3 is 5.73 Å². The number of hydrogen-bond donors (Lipinski definition) is 1. The second-order valence-corrected chi connectivity index (χ2v) is 4.40. The molecule has 2 nitrogen and oxygen atoms in total. The van der Waals surface area contributed by atoms with E-state index in [1.807, 2.05) is 12.1 Å². The van der Waals surface area contributed by atoms with Gasteiger partial charge in [0.05, 0.1) is 0 Å². The molecule has 0 spiro atoms. The van der Waals surface area contributed by atoms with E-state index in [1.165, 1.54) is 12.8 Å². The fourth-order valence-corrected chi connectivity index (χ4v) is 2.34. The van der Waals surface area contributed by atoms with Crippen molar-refractivity contribution in [2.24, 2.45) is 5.73 Å². The van der Waals surface area contributed by atoms with E-state index in [9.17, 15) is 0 Å². The summed E-state index contributed by atoms with van der Waals surface area (Å²) in [6.07, 6.45) is 3.56. The normalized spacial score (nSPS) is 27.8. The summed E-state index contributed by atoms with van der Waals surface area (Å²) in [5.41, 5.74) is 7.14. The van der Waals surface area contributed by atoms with Crippen molar-refractivity contribution in [1.82, 2.24) is 4.98 Å². The van der Waals surface area contributed by atoms with Crippen LogP contribution >= 0.6 is 15.9 Å². The smallest absolute Gasteiger partial charge is 0.106 e. The molecule has 13 heavy (non-hydrogen) atoms. The largest absolute Gasteiger partial charge is 0.327 e. The lowest BCUT2D eigenvalue weighted by molar-refractivity contribution is 0.597. The Labute approximate surface area is 86.7 Å². The summed E-state index contributed by atoms with van der Waals surface area (Å²) < 4.78 is 0.907. The molecule has 70 valence electrons. The molecule has 0 saturated heterocycles. The molecule has 2 rings (SSSR count). The second-order valence-electron chi connectivity index (χ2n) is 3.59. The van der Waals surface area contributed by atoms with Gasteiger partial charge in [-0.05, 0) is 40.9 Å². The minimum Gasteiger partial charge on any atom is -0.327 e. The van der Waals surface area contributed by atoms with Crippen molar-refractivity contribution in [3.63, 3.8) is 0 Å². The maximum atomic E-state index is 6.01. The van der Waals surface area contributed by atoms with Gasteiger partial charge in [0.15, 0.2) is 0 Å². The van der Waals surface area contributed by atoms with Crippen LogP contribution in [-0.4, -0.2) is 11.0 Å². The minimum absolute atomic E-state index is 0.307. The molecule has 0 aliphatic heterocycles. The van der Waals surface area contributed by atoms with Crippen LogP contribution in [0.5, 0.6) is 0 Å². The fourth-order valence-electron chi connectivity index (χ4n) is 1.99. The van der Waals surface area contributed by atoms with E-state index >= 15 is 0 Å². The number of nitrogens with two attached hydrogens (primary N) is 1. The van der Waals surface area contributed by atoms with Gasteiger partial charge in [-0.3, -0.25) is 0 Å². The third-order valence-corrected chi connectivity index (χ3v) is 3.13. The Hall–Kier alpha value is -0.410. The summed E-state index contributed by atoms with van der Waals surface area (Å²) in [5, 5.41) is 0. The van der Waals surface area contributed by atoms with E-state index in [0.29, 0.717) is 12.0 Å². The van der Waals surface area contributed by atoms with Gasteiger partial charge in [-0.1, -0.05) is 12.5 Å². The molecule has 2 atom stereocenters. The van der Waals surface area contributed by atoms with Crippen LogP contribution in [0.1, 0.15) is 30.9 Å². The Kier molecular flexibility index (Phi) is 2.65. The first kappa shape index (κ1) is 9.16. The number of rotatable bonds is 1. The predicted octanol–water partition coefficient (Wildman–Crippen LogP) is 2.44. The average Bonchev–Trinajstić information content (AvgIpc) is 2.51. The first-order valence-electron chi connectivity index (χ1n) is 4.65. The van der Waals surface area contributed by atoms with Gasteiger partial charge in [-0.15, -0.1) is 0 Å². The topological polar surface area (TPSA) is 38.9 Å². The van der Waals surface area contributed by atoms with Crippen LogP contribution in [0.25, 0.3) is 0 Å². The molecule has 1 aromatic heterocycles. The molecule has 1 aliphatic carbocycles. The Bertz CT molecular complexity index is 301. The monoisotopic (exact) mass is 240 g/mol. The summed E-state index contributed by atoms with van der Waals surface area (Å²) in [6.45, 7) is 0. The van der Waals surface area contributed by atoms with Gasteiger partial charge in [0.2, 0.25) is 0 Å². The molecule has 0 aromatic carbocycles. The van der Waals surface area contributed by atoms with Crippen molar-refractivity contribution in [2.75, 3.05) is 0 Å². The Morgan fingerprint density at radius 1 is 1.38 bits per heavy atom. The van der Waals surface area contributed by atoms with Gasteiger partial charge in [-0.25, -0.2) is 4.98 Å². The molecule has 0 bridgehead atoms. The van der Waals surface area contributed by atoms with Crippen LogP contribution in [0.2, 0.25) is 0 Å². The van der Waals surface area contributed by atoms with Crippen molar-refractivity contribution < 1.29 is 0 Å². The fraction of sp³-hybridized carbons (Fsp3) is 0.500. The molecule has 1 saturated carbocycles. The molecule has 1 fully saturated rings. The van der Waals surface area contributed by atoms with E-state index in [-0.39, 0.29) is 0 Å². The van der Waals surface area contributed by atoms with E-state index in [4.69, 9.17) is 5.73 Å². The van der Waals surface area contributed by atoms with Gasteiger partial charge >= 0.3 is 0 Å². The first-order chi connectivity index (χ1) is 6.27. The molecule has 2 N–H and O–H groups in total. The predicted molar refractivity (Wildman–Crippen MR) is 56.5 cm³/mol. The lowest BCUT2D eigenvalue weighted by Crippen LogP contribution is -2.23. The molecule has 3 heteroatoms. The summed E-state index contributed by atoms with van der Waals surface area (Å²) in [7, 11) is 0. The van der Waals surface area contributed by atoms with Crippen LogP contribution in [0.4, 0.5) is 0 Å². The van der Waals surface area contributed by atoms with Crippen LogP contribution in [0.15, 0.2) is 22.8 Å². The zero-order valence-electron chi connectivity index (χ0n) is 7.41. The van der Waals surface area contributed by atoms with Crippen LogP contribution in [0.3, 0.4) is 0 Å². The van der Waals surface area contributed by atoms with Crippen molar-refractivity contribution in [1.29, 1.82) is 0 Å². The van der Waals surface area contributed by atoms with E-state index < -0.39 is 0 Å². The number of pyridine rings is 1. The maximum Gasteiger partial charge on any atom is 0.106 e. The number of aromatic nitrogens is 1. The molecule has 0 amide bonds. The Balaban J connectivity index is 2.24. The highest BCUT2D eigenvalue weighted by molar-refractivity contribution is 9.10. The molecule has 0 radical (unpaired) electrons. The Morgan fingerprint density at radius 2 is 2.23 bits per heavy atom. The SMILES string of the molecule is NC1CCCC1c1cccc(Br)n1. The summed E-state index contributed by atoms with van der Waals surface area (Å²) >= 11 is 3.38. The van der Waals surface area contributed by atoms with Crippen molar-refractivity contribution in [3.8, 4) is 0 Å². The zero-order chi connectivity index (χ0) is 9.26. The summed E-state index contributed by atoms with van der Waals surface area (Å²) in [5.74, 6) is 0.470. The highest BCUT2D eigenvalue weighted by Crippen LogP contribution is 2.32. The van der Waals surface area contributed by atoms with Crippen molar-refractivity contribution in [2.45, 2.75) is 31.2 Å². The molecular weight excluding hydrogens is 228 g/mol. The molecule has 1 aromatic rings. The summed E-state index contributed by atoms with van der Waals surface area (Å²) in [6, 6.07) is 6.35.